The molecule has 0 N–H and O–H groups in total. The minimum Gasteiger partial charge on any atom is -0.208 e. The van der Waals surface area contributed by atoms with Crippen molar-refractivity contribution in [3.8, 4) is 78.7 Å². The maximum atomic E-state index is 5.69. The molecule has 3 nitrogen and oxygen atoms in total. The first-order chi connectivity index (χ1) is 31.5. The summed E-state index contributed by atoms with van der Waals surface area (Å²) in [5, 5.41) is 8.29. The summed E-state index contributed by atoms with van der Waals surface area (Å²) >= 11 is 0. The van der Waals surface area contributed by atoms with Gasteiger partial charge in [0.15, 0.2) is 25.5 Å². The Kier molecular flexibility index (Phi) is 8.97. The van der Waals surface area contributed by atoms with Crippen LogP contribution in [0, 0.1) is 0 Å². The molecule has 12 rings (SSSR count). The van der Waals surface area contributed by atoms with Gasteiger partial charge in [-0.05, 0) is 81.7 Å². The van der Waals surface area contributed by atoms with Crippen LogP contribution in [0.5, 0.6) is 0 Å². The third-order valence-corrected chi connectivity index (χ3v) is 22.0. The first-order valence-corrected chi connectivity index (χ1v) is 27.1. The first kappa shape index (κ1) is 38.1. The van der Waals surface area contributed by atoms with Gasteiger partial charge in [-0.1, -0.05) is 231 Å². The predicted molar refractivity (Wildman–Crippen MR) is 272 cm³/mol. The molecule has 3 heterocycles. The van der Waals surface area contributed by atoms with Gasteiger partial charge in [0.05, 0.1) is 0 Å². The lowest BCUT2D eigenvalue weighted by molar-refractivity contribution is 1.08. The molecule has 0 fully saturated rings. The Balaban J connectivity index is 1.19. The van der Waals surface area contributed by atoms with E-state index < -0.39 is 16.1 Å². The monoisotopic (exact) mass is 849 g/mol. The molecule has 5 heteroatoms. The molecule has 0 aliphatic carbocycles. The van der Waals surface area contributed by atoms with Crippen LogP contribution >= 0.6 is 0 Å². The molecule has 302 valence electrons. The van der Waals surface area contributed by atoms with Gasteiger partial charge < -0.3 is 0 Å². The summed E-state index contributed by atoms with van der Waals surface area (Å²) in [7, 11) is -5.00. The van der Waals surface area contributed by atoms with E-state index >= 15 is 0 Å². The first-order valence-electron chi connectivity index (χ1n) is 22.1. The number of benzene rings is 9. The van der Waals surface area contributed by atoms with Gasteiger partial charge >= 0.3 is 0 Å². The van der Waals surface area contributed by atoms with Crippen molar-refractivity contribution < 1.29 is 0 Å². The maximum Gasteiger partial charge on any atom is 0.180 e. The minimum absolute atomic E-state index is 0.657. The summed E-state index contributed by atoms with van der Waals surface area (Å²) in [5.41, 5.74) is 12.8. The van der Waals surface area contributed by atoms with Crippen molar-refractivity contribution in [3.05, 3.63) is 224 Å². The molecule has 0 bridgehead atoms. The lowest BCUT2D eigenvalue weighted by Crippen LogP contribution is -2.72. The highest BCUT2D eigenvalue weighted by Gasteiger charge is 2.50. The summed E-state index contributed by atoms with van der Waals surface area (Å²) in [6.07, 6.45) is 0. The molecule has 0 atom stereocenters. The van der Waals surface area contributed by atoms with Crippen molar-refractivity contribution in [2.75, 3.05) is 0 Å². The summed E-state index contributed by atoms with van der Waals surface area (Å²) < 4.78 is 0. The quantitative estimate of drug-likeness (QED) is 0.150. The van der Waals surface area contributed by atoms with Gasteiger partial charge in [-0.2, -0.15) is 0 Å². The van der Waals surface area contributed by atoms with E-state index in [0.29, 0.717) is 17.5 Å². The standard InChI is InChI=1S/C59H43N3Si2/c1-63(2)51-36-20-33-46(41-24-10-4-11-25-41)55(51)56-48(34-21-37-52(56)63)58-60-57(42-26-12-5-13-27-42)61-59(62-58)49-38-43(40-22-8-3-9-23-40)39-53-54(49)47-32-18-19-35-50(47)64(53,44-28-14-6-15-29-44)45-30-16-7-17-31-45/h3-39H,1-2H3. The fraction of sp³-hybridized carbons (Fsp3) is 0.0339. The number of hydrogen-bond donors (Lipinski definition) is 0. The molecule has 2 aliphatic heterocycles. The zero-order chi connectivity index (χ0) is 42.8. The van der Waals surface area contributed by atoms with Gasteiger partial charge in [0.1, 0.15) is 8.07 Å². The van der Waals surface area contributed by atoms with Crippen molar-refractivity contribution in [2.24, 2.45) is 0 Å². The minimum atomic E-state index is -2.88. The van der Waals surface area contributed by atoms with Crippen LogP contribution in [-0.4, -0.2) is 31.1 Å². The molecule has 2 aliphatic rings. The van der Waals surface area contributed by atoms with Crippen molar-refractivity contribution in [1.82, 2.24) is 15.0 Å². The third-order valence-electron chi connectivity index (χ3n) is 13.6. The van der Waals surface area contributed by atoms with Gasteiger partial charge in [-0.15, -0.1) is 0 Å². The van der Waals surface area contributed by atoms with Gasteiger partial charge in [0.25, 0.3) is 0 Å². The van der Waals surface area contributed by atoms with Crippen LogP contribution < -0.4 is 31.1 Å². The van der Waals surface area contributed by atoms with Gasteiger partial charge in [0.2, 0.25) is 0 Å². The van der Waals surface area contributed by atoms with E-state index in [9.17, 15) is 0 Å². The van der Waals surface area contributed by atoms with Gasteiger partial charge in [0, 0.05) is 16.7 Å². The molecule has 0 saturated carbocycles. The zero-order valence-corrected chi connectivity index (χ0v) is 37.7. The summed E-state index contributed by atoms with van der Waals surface area (Å²) in [5.74, 6) is 2.01. The average Bonchev–Trinajstić information content (AvgIpc) is 3.80. The van der Waals surface area contributed by atoms with Crippen LogP contribution in [0.4, 0.5) is 0 Å². The molecule has 10 aromatic rings. The lowest BCUT2D eigenvalue weighted by Gasteiger charge is -2.31. The lowest BCUT2D eigenvalue weighted by atomic mass is 9.91. The SMILES string of the molecule is C[Si]1(C)c2cccc(-c3ccccc3)c2-c2c(-c3nc(-c4ccccc4)nc(-c4cc(-c5ccccc5)cc5c4-c4ccccc4[Si]5(c4ccccc4)c4ccccc4)n3)cccc21. The second-order valence-electron chi connectivity index (χ2n) is 17.5. The number of aromatic nitrogens is 3. The fourth-order valence-electron chi connectivity index (χ4n) is 10.7. The van der Waals surface area contributed by atoms with Gasteiger partial charge in [-0.25, -0.2) is 15.0 Å². The summed E-state index contributed by atoms with van der Waals surface area (Å²) in [6.45, 7) is 4.96. The van der Waals surface area contributed by atoms with E-state index in [-0.39, 0.29) is 0 Å². The second kappa shape index (κ2) is 15.1. The van der Waals surface area contributed by atoms with Crippen LogP contribution in [0.15, 0.2) is 224 Å². The van der Waals surface area contributed by atoms with E-state index in [1.54, 1.807) is 0 Å². The Morgan fingerprint density at radius 3 is 1.33 bits per heavy atom. The molecule has 64 heavy (non-hydrogen) atoms. The summed E-state index contributed by atoms with van der Waals surface area (Å²) in [4.78, 5) is 16.6. The van der Waals surface area contributed by atoms with Gasteiger partial charge in [-0.3, -0.25) is 0 Å². The topological polar surface area (TPSA) is 38.7 Å². The average molecular weight is 850 g/mol. The molecule has 0 saturated heterocycles. The van der Waals surface area contributed by atoms with Crippen molar-refractivity contribution >= 4 is 47.3 Å². The Hall–Kier alpha value is -7.58. The molecule has 0 spiro atoms. The van der Waals surface area contributed by atoms with Crippen LogP contribution in [0.1, 0.15) is 0 Å². The molecule has 0 amide bonds. The Bertz CT molecular complexity index is 3350. The molecular formula is C59H43N3Si2. The van der Waals surface area contributed by atoms with Crippen molar-refractivity contribution in [1.29, 1.82) is 0 Å². The summed E-state index contributed by atoms with van der Waals surface area (Å²) in [6, 6.07) is 82.1. The van der Waals surface area contributed by atoms with E-state index in [4.69, 9.17) is 15.0 Å². The maximum absolute atomic E-state index is 5.69. The Morgan fingerprint density at radius 2 is 0.719 bits per heavy atom. The highest BCUT2D eigenvalue weighted by Crippen LogP contribution is 2.43. The highest BCUT2D eigenvalue weighted by atomic mass is 28.3. The smallest absolute Gasteiger partial charge is 0.180 e. The fourth-order valence-corrected chi connectivity index (χ4v) is 19.1. The van der Waals surface area contributed by atoms with E-state index in [1.165, 1.54) is 64.5 Å². The molecule has 0 radical (unpaired) electrons. The van der Waals surface area contributed by atoms with Crippen LogP contribution in [0.3, 0.4) is 0 Å². The van der Waals surface area contributed by atoms with Crippen LogP contribution in [0.2, 0.25) is 13.1 Å². The molecule has 9 aromatic carbocycles. The number of hydrogen-bond acceptors (Lipinski definition) is 3. The van der Waals surface area contributed by atoms with Crippen LogP contribution in [0.25, 0.3) is 78.7 Å². The largest absolute Gasteiger partial charge is 0.208 e. The van der Waals surface area contributed by atoms with E-state index in [0.717, 1.165) is 27.8 Å². The number of rotatable bonds is 7. The third kappa shape index (κ3) is 5.82. The molecular weight excluding hydrogens is 807 g/mol. The van der Waals surface area contributed by atoms with Crippen LogP contribution in [-0.2, 0) is 0 Å². The van der Waals surface area contributed by atoms with Crippen molar-refractivity contribution in [2.45, 2.75) is 13.1 Å². The molecule has 1 aromatic heterocycles. The normalized spacial score (nSPS) is 13.7. The van der Waals surface area contributed by atoms with Crippen molar-refractivity contribution in [3.63, 3.8) is 0 Å². The predicted octanol–water partition coefficient (Wildman–Crippen LogP) is 10.4. The zero-order valence-electron chi connectivity index (χ0n) is 35.7. The van der Waals surface area contributed by atoms with E-state index in [2.05, 4.69) is 238 Å². The highest BCUT2D eigenvalue weighted by molar-refractivity contribution is 7.22. The number of fused-ring (bicyclic) bond motifs is 6. The Morgan fingerprint density at radius 1 is 0.281 bits per heavy atom. The number of nitrogens with zero attached hydrogens (tertiary/aromatic N) is 3. The second-order valence-corrected chi connectivity index (χ2v) is 25.5. The molecule has 0 unspecified atom stereocenters. The Labute approximate surface area is 376 Å². The van der Waals surface area contributed by atoms with E-state index in [1.807, 2.05) is 0 Å².